The molecular weight excluding hydrogens is 310 g/mol. The highest BCUT2D eigenvalue weighted by atomic mass is 28.4. The summed E-state index contributed by atoms with van der Waals surface area (Å²) in [5, 5.41) is 0.105. The van der Waals surface area contributed by atoms with Crippen LogP contribution in [0.3, 0.4) is 0 Å². The van der Waals surface area contributed by atoms with E-state index < -0.39 is 20.0 Å². The summed E-state index contributed by atoms with van der Waals surface area (Å²) in [6.07, 6.45) is 3.63. The van der Waals surface area contributed by atoms with Crippen LogP contribution in [0.4, 0.5) is 4.79 Å². The van der Waals surface area contributed by atoms with E-state index in [0.717, 1.165) is 0 Å². The number of carbonyl (C=O) groups is 2. The molecule has 5 nitrogen and oxygen atoms in total. The highest BCUT2D eigenvalue weighted by Crippen LogP contribution is 2.36. The molecule has 0 saturated carbocycles. The SMILES string of the molecule is CC(C=CO[Si](C)(C)C(C)(C)C)N(CC=O)C(=O)OC(C)(C)C. The van der Waals surface area contributed by atoms with Crippen molar-refractivity contribution >= 4 is 20.7 Å². The summed E-state index contributed by atoms with van der Waals surface area (Å²) in [6.45, 7) is 18.0. The van der Waals surface area contributed by atoms with E-state index in [-0.39, 0.29) is 17.6 Å². The quantitative estimate of drug-likeness (QED) is 0.409. The van der Waals surface area contributed by atoms with Crippen LogP contribution >= 0.6 is 0 Å². The van der Waals surface area contributed by atoms with Gasteiger partial charge in [0.15, 0.2) is 0 Å². The minimum atomic E-state index is -1.88. The lowest BCUT2D eigenvalue weighted by Crippen LogP contribution is -2.42. The Balaban J connectivity index is 4.93. The normalized spacial score (nSPS) is 14.5. The van der Waals surface area contributed by atoms with Crippen LogP contribution in [-0.2, 0) is 14.0 Å². The number of hydrogen-bond donors (Lipinski definition) is 0. The second-order valence-electron chi connectivity index (χ2n) is 8.25. The van der Waals surface area contributed by atoms with Gasteiger partial charge in [0.2, 0.25) is 8.32 Å². The Bertz CT molecular complexity index is 433. The van der Waals surface area contributed by atoms with E-state index in [1.165, 1.54) is 4.90 Å². The molecule has 23 heavy (non-hydrogen) atoms. The Morgan fingerprint density at radius 3 is 2.09 bits per heavy atom. The van der Waals surface area contributed by atoms with Gasteiger partial charge in [0, 0.05) is 0 Å². The van der Waals surface area contributed by atoms with Crippen molar-refractivity contribution in [1.82, 2.24) is 4.90 Å². The van der Waals surface area contributed by atoms with Gasteiger partial charge in [-0.25, -0.2) is 4.79 Å². The van der Waals surface area contributed by atoms with Crippen molar-refractivity contribution in [1.29, 1.82) is 0 Å². The maximum Gasteiger partial charge on any atom is 0.411 e. The van der Waals surface area contributed by atoms with E-state index in [9.17, 15) is 9.59 Å². The van der Waals surface area contributed by atoms with Gasteiger partial charge in [0.05, 0.1) is 18.8 Å². The van der Waals surface area contributed by atoms with Crippen molar-refractivity contribution in [2.45, 2.75) is 78.2 Å². The molecule has 0 heterocycles. The van der Waals surface area contributed by atoms with Crippen LogP contribution in [0.1, 0.15) is 48.5 Å². The summed E-state index contributed by atoms with van der Waals surface area (Å²) in [6, 6.07) is -0.292. The lowest BCUT2D eigenvalue weighted by Gasteiger charge is -2.35. The minimum absolute atomic E-state index is 0.0134. The second-order valence-corrected chi connectivity index (χ2v) is 13.0. The van der Waals surface area contributed by atoms with Gasteiger partial charge >= 0.3 is 6.09 Å². The molecule has 0 bridgehead atoms. The topological polar surface area (TPSA) is 55.8 Å². The highest BCUT2D eigenvalue weighted by Gasteiger charge is 2.38. The molecule has 0 aliphatic rings. The monoisotopic (exact) mass is 343 g/mol. The van der Waals surface area contributed by atoms with Crippen molar-refractivity contribution < 1.29 is 18.8 Å². The molecule has 0 N–H and O–H groups in total. The molecule has 0 aromatic carbocycles. The molecule has 0 aliphatic carbocycles. The molecule has 0 fully saturated rings. The standard InChI is InChI=1S/C17H33NO4Si/c1-14(10-13-21-23(8,9)17(5,6)7)18(11-12-19)15(20)22-16(2,3)4/h10,12-14H,11H2,1-9H3. The zero-order valence-electron chi connectivity index (χ0n) is 16.1. The highest BCUT2D eigenvalue weighted by molar-refractivity contribution is 6.74. The zero-order valence-corrected chi connectivity index (χ0v) is 17.1. The third-order valence-electron chi connectivity index (χ3n) is 3.92. The maximum absolute atomic E-state index is 12.2. The first-order valence-corrected chi connectivity index (χ1v) is 10.9. The van der Waals surface area contributed by atoms with Gasteiger partial charge < -0.3 is 14.0 Å². The summed E-state index contributed by atoms with van der Waals surface area (Å²) in [5.41, 5.74) is -0.598. The molecule has 0 aromatic rings. The second kappa shape index (κ2) is 7.99. The largest absolute Gasteiger partial charge is 0.549 e. The molecule has 134 valence electrons. The number of nitrogens with zero attached hydrogens (tertiary/aromatic N) is 1. The molecular formula is C17H33NO4Si. The Hall–Kier alpha value is -1.30. The summed E-state index contributed by atoms with van der Waals surface area (Å²) < 4.78 is 11.3. The maximum atomic E-state index is 12.2. The predicted octanol–water partition coefficient (Wildman–Crippen LogP) is 4.35. The fraction of sp³-hybridized carbons (Fsp3) is 0.765. The van der Waals surface area contributed by atoms with Crippen molar-refractivity contribution in [3.63, 3.8) is 0 Å². The molecule has 0 radical (unpaired) electrons. The van der Waals surface area contributed by atoms with Crippen molar-refractivity contribution in [3.8, 4) is 0 Å². The van der Waals surface area contributed by atoms with Gasteiger partial charge in [0.25, 0.3) is 0 Å². The van der Waals surface area contributed by atoms with Crippen molar-refractivity contribution in [2.24, 2.45) is 0 Å². The summed E-state index contributed by atoms with van der Waals surface area (Å²) >= 11 is 0. The first kappa shape index (κ1) is 21.7. The number of carbonyl (C=O) groups excluding carboxylic acids is 2. The Morgan fingerprint density at radius 2 is 1.70 bits per heavy atom. The van der Waals surface area contributed by atoms with E-state index in [1.54, 1.807) is 33.1 Å². The number of hydrogen-bond acceptors (Lipinski definition) is 4. The average molecular weight is 344 g/mol. The summed E-state index contributed by atoms with van der Waals surface area (Å²) in [4.78, 5) is 24.4. The van der Waals surface area contributed by atoms with Crippen LogP contribution in [0, 0.1) is 0 Å². The summed E-state index contributed by atoms with van der Waals surface area (Å²) in [7, 11) is -1.88. The lowest BCUT2D eigenvalue weighted by atomic mass is 10.2. The van der Waals surface area contributed by atoms with E-state index in [0.29, 0.717) is 6.29 Å². The van der Waals surface area contributed by atoms with Crippen molar-refractivity contribution in [3.05, 3.63) is 12.3 Å². The van der Waals surface area contributed by atoms with Crippen LogP contribution in [0.25, 0.3) is 0 Å². The number of rotatable bonds is 6. The van der Waals surface area contributed by atoms with Gasteiger partial charge in [-0.15, -0.1) is 0 Å². The third-order valence-corrected chi connectivity index (χ3v) is 8.25. The smallest absolute Gasteiger partial charge is 0.411 e. The van der Waals surface area contributed by atoms with Crippen LogP contribution in [-0.4, -0.2) is 43.8 Å². The zero-order chi connectivity index (χ0) is 18.5. The number of aldehydes is 1. The van der Waals surface area contributed by atoms with E-state index in [4.69, 9.17) is 9.16 Å². The molecule has 0 aromatic heterocycles. The van der Waals surface area contributed by atoms with Gasteiger partial charge in [-0.3, -0.25) is 4.90 Å². The first-order valence-electron chi connectivity index (χ1n) is 7.99. The molecule has 1 atom stereocenters. The van der Waals surface area contributed by atoms with Gasteiger partial charge in [-0.1, -0.05) is 20.8 Å². The Kier molecular flexibility index (Phi) is 7.54. The van der Waals surface area contributed by atoms with Gasteiger partial charge in [-0.05, 0) is 51.9 Å². The van der Waals surface area contributed by atoms with Gasteiger partial charge in [0.1, 0.15) is 11.9 Å². The van der Waals surface area contributed by atoms with Crippen molar-refractivity contribution in [2.75, 3.05) is 6.54 Å². The van der Waals surface area contributed by atoms with E-state index in [1.807, 2.05) is 6.92 Å². The van der Waals surface area contributed by atoms with E-state index in [2.05, 4.69) is 33.9 Å². The third kappa shape index (κ3) is 7.68. The molecule has 0 spiro atoms. The van der Waals surface area contributed by atoms with Gasteiger partial charge in [-0.2, -0.15) is 0 Å². The van der Waals surface area contributed by atoms with Crippen LogP contribution in [0.15, 0.2) is 12.3 Å². The molecule has 0 saturated heterocycles. The van der Waals surface area contributed by atoms with Crippen LogP contribution in [0.5, 0.6) is 0 Å². The lowest BCUT2D eigenvalue weighted by molar-refractivity contribution is -0.109. The fourth-order valence-corrected chi connectivity index (χ4v) is 2.18. The molecule has 0 aliphatic heterocycles. The number of amides is 1. The molecule has 0 rings (SSSR count). The minimum Gasteiger partial charge on any atom is -0.549 e. The molecule has 6 heteroatoms. The van der Waals surface area contributed by atoms with Crippen LogP contribution in [0.2, 0.25) is 18.1 Å². The molecule has 1 unspecified atom stereocenters. The molecule has 1 amide bonds. The Labute approximate surface area is 142 Å². The number of ether oxygens (including phenoxy) is 1. The predicted molar refractivity (Wildman–Crippen MR) is 95.9 cm³/mol. The summed E-state index contributed by atoms with van der Waals surface area (Å²) in [5.74, 6) is 0. The fourth-order valence-electron chi connectivity index (χ4n) is 1.41. The average Bonchev–Trinajstić information content (AvgIpc) is 2.31. The van der Waals surface area contributed by atoms with E-state index >= 15 is 0 Å². The van der Waals surface area contributed by atoms with Crippen LogP contribution < -0.4 is 0 Å². The first-order chi connectivity index (χ1) is 10.2. The Morgan fingerprint density at radius 1 is 1.17 bits per heavy atom.